The van der Waals surface area contributed by atoms with E-state index in [1.165, 1.54) is 0 Å². The van der Waals surface area contributed by atoms with Crippen molar-refractivity contribution >= 4 is 11.9 Å². The quantitative estimate of drug-likeness (QED) is 0.162. The zero-order valence-corrected chi connectivity index (χ0v) is 19.1. The molecule has 0 amide bonds. The van der Waals surface area contributed by atoms with E-state index >= 15 is 0 Å². The van der Waals surface area contributed by atoms with Crippen LogP contribution in [0.4, 0.5) is 0 Å². The summed E-state index contributed by atoms with van der Waals surface area (Å²) in [4.78, 5) is 23.0. The van der Waals surface area contributed by atoms with Crippen molar-refractivity contribution in [1.82, 2.24) is 0 Å². The highest BCUT2D eigenvalue weighted by atomic mass is 16.5. The number of carbonyl (C=O) groups excluding carboxylic acids is 1. The normalized spacial score (nSPS) is 14.0. The molecule has 0 spiro atoms. The fourth-order valence-electron chi connectivity index (χ4n) is 2.68. The number of hydrogen-bond acceptors (Lipinski definition) is 3. The molecule has 0 aromatic rings. The maximum atomic E-state index is 12.0. The summed E-state index contributed by atoms with van der Waals surface area (Å²) >= 11 is 0. The molecule has 1 N–H and O–H groups in total. The molecule has 0 aromatic carbocycles. The second kappa shape index (κ2) is 17.5. The Bertz CT molecular complexity index is 622. The van der Waals surface area contributed by atoms with Gasteiger partial charge >= 0.3 is 11.9 Å². The summed E-state index contributed by atoms with van der Waals surface area (Å²) in [5, 5.41) is 8.99. The lowest BCUT2D eigenvalue weighted by Crippen LogP contribution is -2.43. The molecule has 0 rings (SSSR count). The van der Waals surface area contributed by atoms with Crippen molar-refractivity contribution in [2.45, 2.75) is 58.0 Å². The van der Waals surface area contributed by atoms with Crippen molar-refractivity contribution in [3.05, 3.63) is 60.8 Å². The van der Waals surface area contributed by atoms with Gasteiger partial charge in [-0.2, -0.15) is 0 Å². The highest BCUT2D eigenvalue weighted by Gasteiger charge is 2.24. The molecular weight excluding hydrogens is 378 g/mol. The lowest BCUT2D eigenvalue weighted by Gasteiger charge is -2.28. The van der Waals surface area contributed by atoms with Gasteiger partial charge < -0.3 is 14.3 Å². The van der Waals surface area contributed by atoms with Crippen LogP contribution in [0.1, 0.15) is 51.9 Å². The Hall–Kier alpha value is -2.40. The third kappa shape index (κ3) is 20.3. The number of hydrogen-bond donors (Lipinski definition) is 1. The fraction of sp³-hybridized carbons (Fsp3) is 0.520. The molecule has 0 radical (unpaired) electrons. The molecule has 0 saturated carbocycles. The lowest BCUT2D eigenvalue weighted by atomic mass is 10.1. The molecule has 0 aromatic heterocycles. The molecule has 0 heterocycles. The lowest BCUT2D eigenvalue weighted by molar-refractivity contribution is -0.873. The van der Waals surface area contributed by atoms with E-state index in [0.29, 0.717) is 17.4 Å². The van der Waals surface area contributed by atoms with Crippen LogP contribution < -0.4 is 0 Å². The third-order valence-corrected chi connectivity index (χ3v) is 3.99. The van der Waals surface area contributed by atoms with E-state index in [1.54, 1.807) is 0 Å². The molecule has 168 valence electrons. The van der Waals surface area contributed by atoms with Crippen LogP contribution in [-0.4, -0.2) is 55.3 Å². The minimum absolute atomic E-state index is 0.152. The van der Waals surface area contributed by atoms with Gasteiger partial charge in [0, 0.05) is 6.42 Å². The predicted molar refractivity (Wildman–Crippen MR) is 124 cm³/mol. The molecule has 0 aliphatic rings. The third-order valence-electron chi connectivity index (χ3n) is 3.99. The van der Waals surface area contributed by atoms with Crippen molar-refractivity contribution in [2.75, 3.05) is 27.7 Å². The SMILES string of the molecule is CC/C=C/C=C/C=C\C=C/C=C/CCCCCC(=O)OC(CC(=O)O)C[N+](C)(C)C. The van der Waals surface area contributed by atoms with E-state index in [4.69, 9.17) is 9.84 Å². The molecule has 30 heavy (non-hydrogen) atoms. The largest absolute Gasteiger partial charge is 0.481 e. The maximum absolute atomic E-state index is 12.0. The van der Waals surface area contributed by atoms with Crippen molar-refractivity contribution in [3.8, 4) is 0 Å². The minimum atomic E-state index is -0.946. The first-order valence-corrected chi connectivity index (χ1v) is 10.8. The average Bonchev–Trinajstić information content (AvgIpc) is 2.63. The van der Waals surface area contributed by atoms with E-state index in [9.17, 15) is 9.59 Å². The number of carboxylic acid groups (broad SMARTS) is 1. The monoisotopic (exact) mass is 418 g/mol. The second-order valence-corrected chi connectivity index (χ2v) is 8.20. The number of likely N-dealkylation sites (N-methyl/N-ethyl adjacent to an activating group) is 1. The van der Waals surface area contributed by atoms with Crippen molar-refractivity contribution in [1.29, 1.82) is 0 Å². The summed E-state index contributed by atoms with van der Waals surface area (Å²) in [5.74, 6) is -1.25. The Morgan fingerprint density at radius 2 is 1.43 bits per heavy atom. The molecule has 0 saturated heterocycles. The highest BCUT2D eigenvalue weighted by molar-refractivity contribution is 5.71. The summed E-state index contributed by atoms with van der Waals surface area (Å²) in [5.41, 5.74) is 0. The zero-order valence-electron chi connectivity index (χ0n) is 19.1. The Morgan fingerprint density at radius 3 is 1.97 bits per heavy atom. The summed E-state index contributed by atoms with van der Waals surface area (Å²) < 4.78 is 5.93. The summed E-state index contributed by atoms with van der Waals surface area (Å²) in [7, 11) is 5.85. The number of unbranched alkanes of at least 4 members (excludes halogenated alkanes) is 3. The van der Waals surface area contributed by atoms with Gasteiger partial charge in [0.25, 0.3) is 0 Å². The van der Waals surface area contributed by atoms with Crippen LogP contribution in [0.5, 0.6) is 0 Å². The average molecular weight is 419 g/mol. The maximum Gasteiger partial charge on any atom is 0.307 e. The number of carbonyl (C=O) groups is 2. The molecular formula is C25H40NO4+. The number of nitrogens with zero attached hydrogens (tertiary/aromatic N) is 1. The molecule has 0 fully saturated rings. The molecule has 1 atom stereocenters. The van der Waals surface area contributed by atoms with Gasteiger partial charge in [-0.25, -0.2) is 0 Å². The number of esters is 1. The smallest absolute Gasteiger partial charge is 0.307 e. The van der Waals surface area contributed by atoms with Crippen LogP contribution in [0.3, 0.4) is 0 Å². The van der Waals surface area contributed by atoms with Gasteiger partial charge in [0.1, 0.15) is 6.54 Å². The van der Waals surface area contributed by atoms with Crippen LogP contribution in [0, 0.1) is 0 Å². The van der Waals surface area contributed by atoms with E-state index in [0.717, 1.165) is 32.1 Å². The standard InChI is InChI=1S/C25H39NO4/c1-5-6-7-8-9-10-11-12-13-14-15-16-17-18-19-20-25(29)30-23(21-24(27)28)22-26(2,3)4/h6-15,23H,5,16-22H2,1-4H3/p+1/b7-6+,9-8+,11-10-,13-12-,15-14+. The van der Waals surface area contributed by atoms with Gasteiger partial charge in [0.15, 0.2) is 6.10 Å². The summed E-state index contributed by atoms with van der Waals surface area (Å²) in [6, 6.07) is 0. The predicted octanol–water partition coefficient (Wildman–Crippen LogP) is 5.22. The minimum Gasteiger partial charge on any atom is -0.481 e. The molecule has 0 aliphatic carbocycles. The van der Waals surface area contributed by atoms with Crippen LogP contribution in [-0.2, 0) is 14.3 Å². The summed E-state index contributed by atoms with van der Waals surface area (Å²) in [6.45, 7) is 2.59. The Labute approximate surface area is 182 Å². The van der Waals surface area contributed by atoms with E-state index in [1.807, 2.05) is 69.8 Å². The molecule has 5 heteroatoms. The Kier molecular flexibility index (Phi) is 16.1. The van der Waals surface area contributed by atoms with E-state index in [2.05, 4.69) is 19.1 Å². The molecule has 0 bridgehead atoms. The second-order valence-electron chi connectivity index (χ2n) is 8.20. The van der Waals surface area contributed by atoms with Crippen molar-refractivity contribution < 1.29 is 23.9 Å². The number of allylic oxidation sites excluding steroid dienone is 10. The van der Waals surface area contributed by atoms with Gasteiger partial charge in [0.05, 0.1) is 27.6 Å². The first-order chi connectivity index (χ1) is 14.2. The number of rotatable bonds is 16. The zero-order chi connectivity index (χ0) is 22.7. The number of carboxylic acids is 1. The first kappa shape index (κ1) is 27.6. The van der Waals surface area contributed by atoms with Gasteiger partial charge in [-0.15, -0.1) is 0 Å². The Balaban J connectivity index is 3.94. The van der Waals surface area contributed by atoms with E-state index < -0.39 is 12.1 Å². The van der Waals surface area contributed by atoms with Gasteiger partial charge in [-0.05, 0) is 25.7 Å². The topological polar surface area (TPSA) is 63.6 Å². The fourth-order valence-corrected chi connectivity index (χ4v) is 2.68. The number of ether oxygens (including phenoxy) is 1. The van der Waals surface area contributed by atoms with Gasteiger partial charge in [0.2, 0.25) is 0 Å². The molecule has 0 aliphatic heterocycles. The van der Waals surface area contributed by atoms with Crippen LogP contribution in [0.2, 0.25) is 0 Å². The van der Waals surface area contributed by atoms with Crippen LogP contribution in [0.25, 0.3) is 0 Å². The molecule has 1 unspecified atom stereocenters. The highest BCUT2D eigenvalue weighted by Crippen LogP contribution is 2.10. The molecule has 5 nitrogen and oxygen atoms in total. The van der Waals surface area contributed by atoms with Crippen molar-refractivity contribution in [3.63, 3.8) is 0 Å². The van der Waals surface area contributed by atoms with Gasteiger partial charge in [-0.1, -0.05) is 74.1 Å². The number of quaternary nitrogens is 1. The first-order valence-electron chi connectivity index (χ1n) is 10.8. The number of aliphatic carboxylic acids is 1. The summed E-state index contributed by atoms with van der Waals surface area (Å²) in [6.07, 6.45) is 24.6. The van der Waals surface area contributed by atoms with E-state index in [-0.39, 0.29) is 12.4 Å². The van der Waals surface area contributed by atoms with Crippen molar-refractivity contribution in [2.24, 2.45) is 0 Å². The van der Waals surface area contributed by atoms with Crippen LogP contribution >= 0.6 is 0 Å². The van der Waals surface area contributed by atoms with Crippen LogP contribution in [0.15, 0.2) is 60.8 Å². The Morgan fingerprint density at radius 1 is 0.867 bits per heavy atom. The van der Waals surface area contributed by atoms with Gasteiger partial charge in [-0.3, -0.25) is 9.59 Å².